The first-order valence-electron chi connectivity index (χ1n) is 26.2. The van der Waals surface area contributed by atoms with Gasteiger partial charge in [0.25, 0.3) is 0 Å². The van der Waals surface area contributed by atoms with Crippen molar-refractivity contribution in [2.75, 3.05) is 16.3 Å². The predicted molar refractivity (Wildman–Crippen MR) is 313 cm³/mol. The molecule has 3 heteroatoms. The van der Waals surface area contributed by atoms with Crippen LogP contribution in [0.5, 0.6) is 0 Å². The molecule has 73 heavy (non-hydrogen) atoms. The first-order valence-corrected chi connectivity index (χ1v) is 26.2. The molecule has 1 aliphatic heterocycles. The molecule has 1 heterocycles. The van der Waals surface area contributed by atoms with Gasteiger partial charge in [-0.05, 0) is 131 Å². The number of hydrogen-bond acceptors (Lipinski definition) is 2. The maximum absolute atomic E-state index is 2.68. The van der Waals surface area contributed by atoms with Crippen molar-refractivity contribution in [3.63, 3.8) is 0 Å². The van der Waals surface area contributed by atoms with E-state index in [4.69, 9.17) is 0 Å². The fourth-order valence-electron chi connectivity index (χ4n) is 14.0. The van der Waals surface area contributed by atoms with Crippen LogP contribution in [0.15, 0.2) is 224 Å². The Balaban J connectivity index is 1.10. The third-order valence-corrected chi connectivity index (χ3v) is 17.4. The van der Waals surface area contributed by atoms with Crippen LogP contribution in [0.1, 0.15) is 49.9 Å². The molecule has 0 amide bonds. The summed E-state index contributed by atoms with van der Waals surface area (Å²) in [5.74, 6) is 0. The zero-order valence-corrected chi connectivity index (χ0v) is 41.7. The van der Waals surface area contributed by atoms with E-state index in [9.17, 15) is 0 Å². The van der Waals surface area contributed by atoms with Gasteiger partial charge >= 0.3 is 0 Å². The minimum atomic E-state index is -0.244. The van der Waals surface area contributed by atoms with E-state index in [0.29, 0.717) is 0 Å². The molecule has 15 rings (SSSR count). The fourth-order valence-corrected chi connectivity index (χ4v) is 14.0. The molecule has 0 unspecified atom stereocenters. The van der Waals surface area contributed by atoms with Gasteiger partial charge in [0.2, 0.25) is 6.71 Å². The van der Waals surface area contributed by atoms with Crippen LogP contribution in [-0.2, 0) is 10.8 Å². The molecule has 2 nitrogen and oxygen atoms in total. The molecule has 0 saturated heterocycles. The molecule has 0 aromatic heterocycles. The van der Waals surface area contributed by atoms with E-state index in [1.807, 2.05) is 0 Å². The maximum atomic E-state index is 2.68. The molecule has 0 atom stereocenters. The van der Waals surface area contributed by atoms with E-state index in [-0.39, 0.29) is 17.5 Å². The average Bonchev–Trinajstić information content (AvgIpc) is 3.81. The molecular weight excluding hydrogens is 880 g/mol. The highest BCUT2D eigenvalue weighted by Gasteiger charge is 2.40. The highest BCUT2D eigenvalue weighted by Crippen LogP contribution is 2.58. The number of rotatable bonds is 6. The number of para-hydroxylation sites is 2. The van der Waals surface area contributed by atoms with Crippen LogP contribution in [0, 0.1) is 0 Å². The molecule has 0 bridgehead atoms. The van der Waals surface area contributed by atoms with Crippen LogP contribution < -0.4 is 20.7 Å². The third kappa shape index (κ3) is 6.00. The number of nitrogens with zero attached hydrogens (tertiary/aromatic N) is 2. The van der Waals surface area contributed by atoms with Gasteiger partial charge in [0, 0.05) is 51.0 Å². The zero-order chi connectivity index (χ0) is 48.7. The topological polar surface area (TPSA) is 6.48 Å². The molecule has 12 aromatic carbocycles. The Labute approximate surface area is 428 Å². The molecule has 2 aliphatic carbocycles. The van der Waals surface area contributed by atoms with Crippen molar-refractivity contribution < 1.29 is 0 Å². The molecule has 346 valence electrons. The minimum Gasteiger partial charge on any atom is -0.342 e. The van der Waals surface area contributed by atoms with Gasteiger partial charge in [-0.2, -0.15) is 0 Å². The van der Waals surface area contributed by atoms with Gasteiger partial charge in [0.05, 0.1) is 11.4 Å². The van der Waals surface area contributed by atoms with Crippen LogP contribution in [0.4, 0.5) is 28.4 Å². The molecule has 3 aliphatic rings. The van der Waals surface area contributed by atoms with Gasteiger partial charge in [-0.15, -0.1) is 0 Å². The molecule has 12 aromatic rings. The summed E-state index contributed by atoms with van der Waals surface area (Å²) in [6.07, 6.45) is 1.02. The summed E-state index contributed by atoms with van der Waals surface area (Å²) in [6.45, 7) is 10.8. The van der Waals surface area contributed by atoms with Crippen molar-refractivity contribution >= 4 is 89.2 Å². The van der Waals surface area contributed by atoms with Gasteiger partial charge in [-0.25, -0.2) is 0 Å². The quantitative estimate of drug-likeness (QED) is 0.0931. The molecule has 0 radical (unpaired) electrons. The molecule has 0 N–H and O–H groups in total. The lowest BCUT2D eigenvalue weighted by Gasteiger charge is -2.38. The Morgan fingerprint density at radius 1 is 0.397 bits per heavy atom. The van der Waals surface area contributed by atoms with E-state index >= 15 is 0 Å². The summed E-state index contributed by atoms with van der Waals surface area (Å²) in [5.41, 5.74) is 21.5. The Bertz CT molecular complexity index is 4220. The lowest BCUT2D eigenvalue weighted by molar-refractivity contribution is 0.660. The summed E-state index contributed by atoms with van der Waals surface area (Å²) in [7, 11) is 0. The van der Waals surface area contributed by atoms with Gasteiger partial charge in [-0.1, -0.05) is 221 Å². The van der Waals surface area contributed by atoms with Crippen molar-refractivity contribution in [1.82, 2.24) is 0 Å². The van der Waals surface area contributed by atoms with Gasteiger partial charge in [0.1, 0.15) is 0 Å². The summed E-state index contributed by atoms with van der Waals surface area (Å²) in [5, 5.41) is 10.3. The van der Waals surface area contributed by atoms with Gasteiger partial charge in [0.15, 0.2) is 0 Å². The summed E-state index contributed by atoms with van der Waals surface area (Å²) in [4.78, 5) is 5.29. The van der Waals surface area contributed by atoms with Gasteiger partial charge < -0.3 is 9.80 Å². The Morgan fingerprint density at radius 3 is 1.70 bits per heavy atom. The SMILES string of the molecule is CC1(C)c2ccccc2-c2ccc(N(c3cc4c(cc3-c3cccc5c3N(c3ccccc3)CCB5c3ccccc3)-c3ccccc3C4(C)C)c3ccc4cccc5c6cccc7cccc(c3c45)c76)cc21. The molecule has 0 spiro atoms. The van der Waals surface area contributed by atoms with E-state index in [1.54, 1.807) is 0 Å². The summed E-state index contributed by atoms with van der Waals surface area (Å²) in [6, 6.07) is 85.6. The van der Waals surface area contributed by atoms with E-state index in [1.165, 1.54) is 132 Å². The van der Waals surface area contributed by atoms with Crippen molar-refractivity contribution in [1.29, 1.82) is 0 Å². The van der Waals surface area contributed by atoms with E-state index in [0.717, 1.165) is 18.6 Å². The van der Waals surface area contributed by atoms with Crippen LogP contribution in [0.3, 0.4) is 0 Å². The van der Waals surface area contributed by atoms with Crippen molar-refractivity contribution in [2.24, 2.45) is 0 Å². The summed E-state index contributed by atoms with van der Waals surface area (Å²) >= 11 is 0. The molecule has 0 fully saturated rings. The van der Waals surface area contributed by atoms with E-state index in [2.05, 4.69) is 262 Å². The monoisotopic (exact) mass is 932 g/mol. The van der Waals surface area contributed by atoms with Crippen molar-refractivity contribution in [2.45, 2.75) is 44.8 Å². The van der Waals surface area contributed by atoms with Crippen LogP contribution in [0.2, 0.25) is 6.32 Å². The largest absolute Gasteiger partial charge is 0.342 e. The maximum Gasteiger partial charge on any atom is 0.213 e. The van der Waals surface area contributed by atoms with Crippen molar-refractivity contribution in [3.8, 4) is 33.4 Å². The normalized spacial score (nSPS) is 14.9. The molecular formula is C70H53BN2. The summed E-state index contributed by atoms with van der Waals surface area (Å²) < 4.78 is 0. The average molecular weight is 933 g/mol. The fraction of sp³-hybridized carbons (Fsp3) is 0.114. The highest BCUT2D eigenvalue weighted by molar-refractivity contribution is 6.87. The zero-order valence-electron chi connectivity index (χ0n) is 41.7. The minimum absolute atomic E-state index is 0.200. The van der Waals surface area contributed by atoms with Crippen LogP contribution in [0.25, 0.3) is 76.5 Å². The first-order chi connectivity index (χ1) is 35.8. The lowest BCUT2D eigenvalue weighted by atomic mass is 9.37. The lowest BCUT2D eigenvalue weighted by Crippen LogP contribution is -2.50. The Hall–Kier alpha value is -8.40. The van der Waals surface area contributed by atoms with E-state index < -0.39 is 0 Å². The Kier molecular flexibility index (Phi) is 9.01. The number of benzene rings is 12. The second-order valence-corrected chi connectivity index (χ2v) is 21.9. The van der Waals surface area contributed by atoms with Crippen LogP contribution in [-0.4, -0.2) is 13.3 Å². The first kappa shape index (κ1) is 42.3. The third-order valence-electron chi connectivity index (χ3n) is 17.4. The Morgan fingerprint density at radius 2 is 0.973 bits per heavy atom. The second kappa shape index (κ2) is 15.6. The smallest absolute Gasteiger partial charge is 0.213 e. The molecule has 0 saturated carbocycles. The number of hydrogen-bond donors (Lipinski definition) is 0. The second-order valence-electron chi connectivity index (χ2n) is 21.9. The predicted octanol–water partition coefficient (Wildman–Crippen LogP) is 17.2. The van der Waals surface area contributed by atoms with Crippen molar-refractivity contribution in [3.05, 3.63) is 247 Å². The number of fused-ring (bicyclic) bond motifs is 9. The van der Waals surface area contributed by atoms with Gasteiger partial charge in [-0.3, -0.25) is 0 Å². The number of anilines is 5. The standard InChI is InChI=1S/C70H53BN2/c1-69(2)58-32-13-11-26-49(58)51-37-36-48(41-60(51)69)73(63-38-35-45-21-16-29-53-52-28-15-19-44-20-17-31-55(65(44)52)67(63)66(45)53)64-43-61-56(50-27-12-14-33-59(50)70(61,3)4)42-57(64)54-30-18-34-62-68(54)72(47-24-9-6-10-25-47)40-39-71(62)46-22-7-5-8-23-46/h5-38,41-43H,39-40H2,1-4H3. The van der Waals surface area contributed by atoms with Crippen LogP contribution >= 0.6 is 0 Å². The highest BCUT2D eigenvalue weighted by atomic mass is 15.2.